The molecule has 80 valence electrons. The molecule has 0 N–H and O–H groups in total. The molecule has 0 fully saturated rings. The third kappa shape index (κ3) is 4.44. The van der Waals surface area contributed by atoms with Crippen LogP contribution in [-0.2, 0) is 11.3 Å². The summed E-state index contributed by atoms with van der Waals surface area (Å²) in [5.74, 6) is 0. The first-order valence-electron chi connectivity index (χ1n) is 4.87. The predicted molar refractivity (Wildman–Crippen MR) is 66.3 cm³/mol. The van der Waals surface area contributed by atoms with Gasteiger partial charge in [-0.3, -0.25) is 0 Å². The Labute approximate surface area is 95.4 Å². The van der Waals surface area contributed by atoms with E-state index in [0.29, 0.717) is 0 Å². The molecule has 0 bridgehead atoms. The Morgan fingerprint density at radius 3 is 2.64 bits per heavy atom. The summed E-state index contributed by atoms with van der Waals surface area (Å²) in [7, 11) is -1.04. The lowest BCUT2D eigenvalue weighted by Gasteiger charge is -2.16. The average molecular weight is 276 g/mol. The van der Waals surface area contributed by atoms with Gasteiger partial charge in [0.1, 0.15) is 0 Å². The second kappa shape index (κ2) is 5.14. The molecule has 0 saturated heterocycles. The van der Waals surface area contributed by atoms with Crippen LogP contribution in [-0.4, -0.2) is 25.5 Å². The molecule has 0 radical (unpaired) electrons. The summed E-state index contributed by atoms with van der Waals surface area (Å²) in [5.41, 5.74) is 0. The minimum absolute atomic E-state index is 0.803. The molecule has 1 aromatic rings. The van der Waals surface area contributed by atoms with Crippen LogP contribution in [0.3, 0.4) is 0 Å². The average Bonchev–Trinajstić information content (AvgIpc) is 2.44. The van der Waals surface area contributed by atoms with E-state index in [-0.39, 0.29) is 0 Å². The number of ether oxygens (including phenoxy) is 1. The summed E-state index contributed by atoms with van der Waals surface area (Å²) in [4.78, 5) is 0. The fourth-order valence-electron chi connectivity index (χ4n) is 1.12. The zero-order valence-corrected chi connectivity index (χ0v) is 11.7. The van der Waals surface area contributed by atoms with E-state index in [2.05, 4.69) is 46.3 Å². The number of rotatable bonds is 5. The highest BCUT2D eigenvalue weighted by Gasteiger charge is 2.12. The molecule has 1 rings (SSSR count). The van der Waals surface area contributed by atoms with Crippen molar-refractivity contribution >= 4 is 24.0 Å². The van der Waals surface area contributed by atoms with Gasteiger partial charge < -0.3 is 9.30 Å². The van der Waals surface area contributed by atoms with Gasteiger partial charge in [-0.25, -0.2) is 0 Å². The van der Waals surface area contributed by atoms with Gasteiger partial charge in [0.05, 0.1) is 19.3 Å². The Morgan fingerprint density at radius 1 is 1.43 bits per heavy atom. The van der Waals surface area contributed by atoms with Crippen molar-refractivity contribution in [1.82, 2.24) is 4.57 Å². The van der Waals surface area contributed by atoms with E-state index in [0.717, 1.165) is 24.0 Å². The maximum atomic E-state index is 5.65. The minimum Gasteiger partial charge on any atom is -0.383 e. The molecule has 2 nitrogen and oxygen atoms in total. The smallest absolute Gasteiger partial charge is 0.0847 e. The van der Waals surface area contributed by atoms with Gasteiger partial charge in [0, 0.05) is 19.0 Å². The molecule has 0 aliphatic rings. The van der Waals surface area contributed by atoms with Gasteiger partial charge in [0.25, 0.3) is 0 Å². The summed E-state index contributed by atoms with van der Waals surface area (Å²) in [6, 6.07) is 4.07. The van der Waals surface area contributed by atoms with Crippen molar-refractivity contribution in [2.24, 2.45) is 0 Å². The lowest BCUT2D eigenvalue weighted by molar-refractivity contribution is 0.163. The van der Waals surface area contributed by atoms with E-state index < -0.39 is 8.07 Å². The highest BCUT2D eigenvalue weighted by Crippen LogP contribution is 2.10. The van der Waals surface area contributed by atoms with Crippen LogP contribution in [0.4, 0.5) is 0 Å². The SMILES string of the molecule is C[Si](C)(C)COCCn1cccc1Br. The molecule has 14 heavy (non-hydrogen) atoms. The second-order valence-corrected chi connectivity index (χ2v) is 10.9. The lowest BCUT2D eigenvalue weighted by atomic mass is 10.7. The Morgan fingerprint density at radius 2 is 2.14 bits per heavy atom. The fraction of sp³-hybridized carbons (Fsp3) is 0.600. The van der Waals surface area contributed by atoms with E-state index in [9.17, 15) is 0 Å². The van der Waals surface area contributed by atoms with Crippen molar-refractivity contribution < 1.29 is 4.74 Å². The number of aromatic nitrogens is 1. The Balaban J connectivity index is 2.20. The van der Waals surface area contributed by atoms with Crippen molar-refractivity contribution in [2.45, 2.75) is 26.2 Å². The van der Waals surface area contributed by atoms with E-state index in [1.54, 1.807) is 0 Å². The summed E-state index contributed by atoms with van der Waals surface area (Å²) < 4.78 is 8.91. The van der Waals surface area contributed by atoms with Crippen LogP contribution in [0.15, 0.2) is 22.9 Å². The molecule has 0 spiro atoms. The van der Waals surface area contributed by atoms with Crippen LogP contribution in [0.5, 0.6) is 0 Å². The molecular weight excluding hydrogens is 258 g/mol. The summed E-state index contributed by atoms with van der Waals surface area (Å²) in [6.07, 6.45) is 3.01. The van der Waals surface area contributed by atoms with Gasteiger partial charge in [-0.05, 0) is 28.1 Å². The highest BCUT2D eigenvalue weighted by atomic mass is 79.9. The van der Waals surface area contributed by atoms with Crippen molar-refractivity contribution in [3.05, 3.63) is 22.9 Å². The van der Waals surface area contributed by atoms with E-state index in [1.807, 2.05) is 12.1 Å². The molecule has 0 unspecified atom stereocenters. The molecule has 0 aromatic carbocycles. The second-order valence-electron chi connectivity index (χ2n) is 4.64. The highest BCUT2D eigenvalue weighted by molar-refractivity contribution is 9.10. The van der Waals surface area contributed by atoms with Crippen LogP contribution >= 0.6 is 15.9 Å². The van der Waals surface area contributed by atoms with Gasteiger partial charge in [-0.2, -0.15) is 0 Å². The largest absolute Gasteiger partial charge is 0.383 e. The summed E-state index contributed by atoms with van der Waals surface area (Å²) in [5, 5.41) is 0. The Hall–Kier alpha value is -0.0631. The molecule has 4 heteroatoms. The maximum Gasteiger partial charge on any atom is 0.0847 e. The van der Waals surface area contributed by atoms with Crippen LogP contribution in [0, 0.1) is 0 Å². The molecule has 1 aromatic heterocycles. The zero-order chi connectivity index (χ0) is 10.6. The summed E-state index contributed by atoms with van der Waals surface area (Å²) in [6.45, 7) is 8.69. The molecular formula is C10H18BrNOSi. The van der Waals surface area contributed by atoms with Crippen molar-refractivity contribution in [3.63, 3.8) is 0 Å². The number of hydrogen-bond donors (Lipinski definition) is 0. The maximum absolute atomic E-state index is 5.65. The van der Waals surface area contributed by atoms with Crippen LogP contribution in [0.2, 0.25) is 19.6 Å². The number of nitrogens with zero attached hydrogens (tertiary/aromatic N) is 1. The number of hydrogen-bond acceptors (Lipinski definition) is 1. The normalized spacial score (nSPS) is 12.0. The third-order valence-corrected chi connectivity index (χ3v) is 3.58. The topological polar surface area (TPSA) is 14.2 Å². The Bertz CT molecular complexity index is 280. The van der Waals surface area contributed by atoms with Gasteiger partial charge >= 0.3 is 0 Å². The van der Waals surface area contributed by atoms with Gasteiger partial charge in [0.15, 0.2) is 0 Å². The van der Waals surface area contributed by atoms with Crippen LogP contribution in [0.1, 0.15) is 0 Å². The van der Waals surface area contributed by atoms with Gasteiger partial charge in [-0.15, -0.1) is 0 Å². The van der Waals surface area contributed by atoms with Gasteiger partial charge in [0.2, 0.25) is 0 Å². The first-order chi connectivity index (χ1) is 6.49. The van der Waals surface area contributed by atoms with Crippen LogP contribution in [0.25, 0.3) is 0 Å². The Kier molecular flexibility index (Phi) is 4.41. The van der Waals surface area contributed by atoms with E-state index in [4.69, 9.17) is 4.74 Å². The van der Waals surface area contributed by atoms with E-state index >= 15 is 0 Å². The molecule has 0 aliphatic carbocycles. The molecule has 0 atom stereocenters. The zero-order valence-electron chi connectivity index (χ0n) is 9.09. The van der Waals surface area contributed by atoms with Crippen molar-refractivity contribution in [3.8, 4) is 0 Å². The first-order valence-corrected chi connectivity index (χ1v) is 9.37. The standard InChI is InChI=1S/C10H18BrNOSi/c1-14(2,3)9-13-8-7-12-6-4-5-10(12)11/h4-6H,7-9H2,1-3H3. The quantitative estimate of drug-likeness (QED) is 0.595. The first kappa shape index (κ1) is 12.0. The monoisotopic (exact) mass is 275 g/mol. The van der Waals surface area contributed by atoms with Crippen molar-refractivity contribution in [2.75, 3.05) is 12.8 Å². The molecule has 1 heterocycles. The number of halogens is 1. The third-order valence-electron chi connectivity index (χ3n) is 1.79. The molecule has 0 amide bonds. The fourth-order valence-corrected chi connectivity index (χ4v) is 2.32. The molecule has 0 aliphatic heterocycles. The minimum atomic E-state index is -1.04. The predicted octanol–water partition coefficient (Wildman–Crippen LogP) is 3.14. The molecule has 0 saturated carbocycles. The lowest BCUT2D eigenvalue weighted by Crippen LogP contribution is -2.28. The van der Waals surface area contributed by atoms with Crippen LogP contribution < -0.4 is 0 Å². The van der Waals surface area contributed by atoms with E-state index in [1.165, 1.54) is 0 Å². The van der Waals surface area contributed by atoms with Crippen molar-refractivity contribution in [1.29, 1.82) is 0 Å². The summed E-state index contributed by atoms with van der Waals surface area (Å²) >= 11 is 3.47. The van der Waals surface area contributed by atoms with Gasteiger partial charge in [-0.1, -0.05) is 19.6 Å².